The first kappa shape index (κ1) is 9.06. The number of hydrogen-bond donors (Lipinski definition) is 1. The fraction of sp³-hybridized carbons (Fsp3) is 0.400. The van der Waals surface area contributed by atoms with E-state index in [1.165, 1.54) is 24.2 Å². The van der Waals surface area contributed by atoms with E-state index in [-0.39, 0.29) is 6.61 Å². The van der Waals surface area contributed by atoms with Crippen LogP contribution in [0.4, 0.5) is 0 Å². The summed E-state index contributed by atoms with van der Waals surface area (Å²) in [6.45, 7) is 0.0647. The molecule has 1 aliphatic carbocycles. The van der Waals surface area contributed by atoms with Crippen molar-refractivity contribution in [2.24, 2.45) is 0 Å². The van der Waals surface area contributed by atoms with Crippen molar-refractivity contribution in [2.45, 2.75) is 25.5 Å². The number of rotatable bonds is 3. The Morgan fingerprint density at radius 3 is 3.00 bits per heavy atom. The summed E-state index contributed by atoms with van der Waals surface area (Å²) in [5, 5.41) is 9.93. The zero-order chi connectivity index (χ0) is 10.3. The van der Waals surface area contributed by atoms with Crippen molar-refractivity contribution in [1.29, 1.82) is 0 Å². The average molecular weight is 221 g/mol. The second kappa shape index (κ2) is 3.43. The molecule has 1 saturated carbocycles. The van der Waals surface area contributed by atoms with Gasteiger partial charge in [-0.3, -0.25) is 0 Å². The van der Waals surface area contributed by atoms with Crippen molar-refractivity contribution in [3.63, 3.8) is 0 Å². The van der Waals surface area contributed by atoms with Crippen LogP contribution in [-0.2, 0) is 6.61 Å². The summed E-state index contributed by atoms with van der Waals surface area (Å²) in [5.74, 6) is 0. The van der Waals surface area contributed by atoms with E-state index in [4.69, 9.17) is 5.11 Å². The zero-order valence-corrected chi connectivity index (χ0v) is 8.94. The minimum atomic E-state index is 0.0647. The zero-order valence-electron chi connectivity index (χ0n) is 8.13. The Hall–Kier alpha value is -1.20. The maximum Gasteiger partial charge on any atom is 0.141 e. The Bertz CT molecular complexity index is 472. The molecule has 1 fully saturated rings. The van der Waals surface area contributed by atoms with Crippen LogP contribution in [0.1, 0.15) is 23.8 Å². The van der Waals surface area contributed by atoms with Gasteiger partial charge in [0.1, 0.15) is 5.01 Å². The Morgan fingerprint density at radius 1 is 1.47 bits per heavy atom. The topological polar surface area (TPSA) is 50.9 Å². The molecule has 1 N–H and O–H groups in total. The van der Waals surface area contributed by atoms with Crippen LogP contribution in [0.2, 0.25) is 0 Å². The van der Waals surface area contributed by atoms with Crippen molar-refractivity contribution >= 4 is 11.3 Å². The van der Waals surface area contributed by atoms with Crippen LogP contribution in [0.3, 0.4) is 0 Å². The lowest BCUT2D eigenvalue weighted by Gasteiger charge is -2.02. The summed E-state index contributed by atoms with van der Waals surface area (Å²) in [7, 11) is 0. The molecule has 1 aliphatic rings. The SMILES string of the molecule is OCc1cnc(-c2cncn2C2CC2)s1. The fourth-order valence-corrected chi connectivity index (χ4v) is 2.40. The van der Waals surface area contributed by atoms with E-state index in [0.29, 0.717) is 6.04 Å². The Kier molecular flexibility index (Phi) is 2.07. The molecule has 0 spiro atoms. The first-order valence-electron chi connectivity index (χ1n) is 4.96. The van der Waals surface area contributed by atoms with Gasteiger partial charge in [0, 0.05) is 12.2 Å². The average Bonchev–Trinajstić information content (AvgIpc) is 2.83. The van der Waals surface area contributed by atoms with Crippen LogP contribution in [0.5, 0.6) is 0 Å². The number of aromatic nitrogens is 3. The van der Waals surface area contributed by atoms with E-state index in [2.05, 4.69) is 14.5 Å². The summed E-state index contributed by atoms with van der Waals surface area (Å²) < 4.78 is 2.18. The standard InChI is InChI=1S/C10H11N3OS/c14-5-8-3-12-10(15-8)9-4-11-6-13(9)7-1-2-7/h3-4,6-7,14H,1-2,5H2. The second-order valence-electron chi connectivity index (χ2n) is 3.71. The Labute approximate surface area is 91.2 Å². The number of nitrogens with zero attached hydrogens (tertiary/aromatic N) is 3. The van der Waals surface area contributed by atoms with E-state index < -0.39 is 0 Å². The molecule has 2 heterocycles. The van der Waals surface area contributed by atoms with Gasteiger partial charge in [0.15, 0.2) is 0 Å². The summed E-state index contributed by atoms with van der Waals surface area (Å²) in [6.07, 6.45) is 7.92. The van der Waals surface area contributed by atoms with Gasteiger partial charge in [0.25, 0.3) is 0 Å². The number of thiazole rings is 1. The van der Waals surface area contributed by atoms with Gasteiger partial charge in [-0.1, -0.05) is 0 Å². The number of hydrogen-bond acceptors (Lipinski definition) is 4. The predicted molar refractivity (Wildman–Crippen MR) is 57.5 cm³/mol. The lowest BCUT2D eigenvalue weighted by Crippen LogP contribution is -1.93. The maximum absolute atomic E-state index is 8.99. The number of aliphatic hydroxyl groups excluding tert-OH is 1. The molecular formula is C10H11N3OS. The predicted octanol–water partition coefficient (Wildman–Crippen LogP) is 1.83. The van der Waals surface area contributed by atoms with Gasteiger partial charge in [-0.2, -0.15) is 0 Å². The van der Waals surface area contributed by atoms with E-state index in [1.54, 1.807) is 6.20 Å². The third kappa shape index (κ3) is 1.57. The largest absolute Gasteiger partial charge is 0.391 e. The molecule has 0 atom stereocenters. The highest BCUT2D eigenvalue weighted by atomic mass is 32.1. The summed E-state index contributed by atoms with van der Waals surface area (Å²) >= 11 is 1.53. The molecule has 15 heavy (non-hydrogen) atoms. The van der Waals surface area contributed by atoms with Crippen molar-refractivity contribution in [2.75, 3.05) is 0 Å². The van der Waals surface area contributed by atoms with Gasteiger partial charge < -0.3 is 9.67 Å². The molecular weight excluding hydrogens is 210 g/mol. The van der Waals surface area contributed by atoms with Gasteiger partial charge in [0.2, 0.25) is 0 Å². The molecule has 0 aliphatic heterocycles. The molecule has 2 aromatic heterocycles. The molecule has 0 bridgehead atoms. The molecule has 3 rings (SSSR count). The maximum atomic E-state index is 8.99. The number of aliphatic hydroxyl groups is 1. The first-order valence-corrected chi connectivity index (χ1v) is 5.78. The summed E-state index contributed by atoms with van der Waals surface area (Å²) in [4.78, 5) is 9.36. The monoisotopic (exact) mass is 221 g/mol. The highest BCUT2D eigenvalue weighted by molar-refractivity contribution is 7.14. The fourth-order valence-electron chi connectivity index (χ4n) is 1.61. The van der Waals surface area contributed by atoms with Crippen LogP contribution in [0.25, 0.3) is 10.7 Å². The summed E-state index contributed by atoms with van der Waals surface area (Å²) in [5.41, 5.74) is 1.07. The normalized spacial score (nSPS) is 15.8. The van der Waals surface area contributed by atoms with Gasteiger partial charge in [-0.05, 0) is 12.8 Å². The van der Waals surface area contributed by atoms with Crippen LogP contribution in [0.15, 0.2) is 18.7 Å². The van der Waals surface area contributed by atoms with Gasteiger partial charge in [-0.25, -0.2) is 9.97 Å². The highest BCUT2D eigenvalue weighted by Crippen LogP contribution is 2.38. The second-order valence-corrected chi connectivity index (χ2v) is 4.82. The van der Waals surface area contributed by atoms with Crippen molar-refractivity contribution < 1.29 is 5.11 Å². The molecule has 2 aromatic rings. The van der Waals surface area contributed by atoms with Crippen LogP contribution >= 0.6 is 11.3 Å². The van der Waals surface area contributed by atoms with Gasteiger partial charge in [-0.15, -0.1) is 11.3 Å². The third-order valence-corrected chi connectivity index (χ3v) is 3.54. The lowest BCUT2D eigenvalue weighted by molar-refractivity contribution is 0.285. The molecule has 0 radical (unpaired) electrons. The van der Waals surface area contributed by atoms with E-state index in [9.17, 15) is 0 Å². The Balaban J connectivity index is 2.00. The molecule has 0 saturated heterocycles. The summed E-state index contributed by atoms with van der Waals surface area (Å²) in [6, 6.07) is 0.615. The highest BCUT2D eigenvalue weighted by Gasteiger charge is 2.26. The van der Waals surface area contributed by atoms with Crippen molar-refractivity contribution in [3.8, 4) is 10.7 Å². The molecule has 78 valence electrons. The first-order chi connectivity index (χ1) is 7.38. The van der Waals surface area contributed by atoms with Crippen LogP contribution in [-0.4, -0.2) is 19.6 Å². The minimum absolute atomic E-state index is 0.0647. The molecule has 5 heteroatoms. The molecule has 0 aromatic carbocycles. The minimum Gasteiger partial charge on any atom is -0.391 e. The van der Waals surface area contributed by atoms with E-state index >= 15 is 0 Å². The molecule has 0 amide bonds. The van der Waals surface area contributed by atoms with E-state index in [1.807, 2.05) is 12.5 Å². The number of imidazole rings is 1. The quantitative estimate of drug-likeness (QED) is 0.860. The smallest absolute Gasteiger partial charge is 0.141 e. The molecule has 0 unspecified atom stereocenters. The van der Waals surface area contributed by atoms with Gasteiger partial charge >= 0.3 is 0 Å². The van der Waals surface area contributed by atoms with Crippen LogP contribution in [0, 0.1) is 0 Å². The van der Waals surface area contributed by atoms with Crippen molar-refractivity contribution in [1.82, 2.24) is 14.5 Å². The van der Waals surface area contributed by atoms with Gasteiger partial charge in [0.05, 0.1) is 29.7 Å². The van der Waals surface area contributed by atoms with Crippen LogP contribution < -0.4 is 0 Å². The van der Waals surface area contributed by atoms with E-state index in [0.717, 1.165) is 15.6 Å². The Morgan fingerprint density at radius 2 is 2.33 bits per heavy atom. The molecule has 4 nitrogen and oxygen atoms in total. The van der Waals surface area contributed by atoms with Crippen molar-refractivity contribution in [3.05, 3.63) is 23.6 Å². The third-order valence-electron chi connectivity index (χ3n) is 2.53. The lowest BCUT2D eigenvalue weighted by atomic mass is 10.4.